The number of methoxy groups -OCH3 is 1. The molecular formula is C22H20N2O5. The van der Waals surface area contributed by atoms with Gasteiger partial charge in [-0.15, -0.1) is 0 Å². The van der Waals surface area contributed by atoms with Gasteiger partial charge >= 0.3 is 5.63 Å². The molecule has 0 fully saturated rings. The fourth-order valence-corrected chi connectivity index (χ4v) is 3.47. The van der Waals surface area contributed by atoms with E-state index in [2.05, 4.69) is 5.32 Å². The molecule has 4 aromatic rings. The zero-order valence-electron chi connectivity index (χ0n) is 16.0. The lowest BCUT2D eigenvalue weighted by Gasteiger charge is -2.11. The first-order chi connectivity index (χ1) is 14.0. The van der Waals surface area contributed by atoms with Crippen molar-refractivity contribution in [1.29, 1.82) is 0 Å². The van der Waals surface area contributed by atoms with Gasteiger partial charge < -0.3 is 24.1 Å². The normalized spacial score (nSPS) is 12.2. The Kier molecular flexibility index (Phi) is 4.82. The Hall–Kier alpha value is -3.58. The second-order valence-electron chi connectivity index (χ2n) is 6.76. The molecule has 7 heteroatoms. The summed E-state index contributed by atoms with van der Waals surface area (Å²) in [4.78, 5) is 24.8. The number of amides is 1. The number of nitrogens with zero attached hydrogens (tertiary/aromatic N) is 1. The average molecular weight is 392 g/mol. The Morgan fingerprint density at radius 2 is 2.03 bits per heavy atom. The monoisotopic (exact) mass is 392 g/mol. The van der Waals surface area contributed by atoms with Crippen molar-refractivity contribution in [1.82, 2.24) is 9.88 Å². The van der Waals surface area contributed by atoms with E-state index >= 15 is 0 Å². The summed E-state index contributed by atoms with van der Waals surface area (Å²) in [6.45, 7) is -0.0393. The molecule has 7 nitrogen and oxygen atoms in total. The van der Waals surface area contributed by atoms with Gasteiger partial charge in [-0.3, -0.25) is 4.79 Å². The zero-order chi connectivity index (χ0) is 20.5. The van der Waals surface area contributed by atoms with Crippen molar-refractivity contribution >= 4 is 27.8 Å². The first-order valence-corrected chi connectivity index (χ1v) is 9.10. The van der Waals surface area contributed by atoms with Gasteiger partial charge in [-0.1, -0.05) is 30.3 Å². The molecule has 0 aliphatic rings. The highest BCUT2D eigenvalue weighted by atomic mass is 16.5. The van der Waals surface area contributed by atoms with Crippen LogP contribution in [0.4, 0.5) is 0 Å². The number of carbonyl (C=O) groups excluding carboxylic acids is 1. The molecule has 148 valence electrons. The minimum absolute atomic E-state index is 0.0393. The van der Waals surface area contributed by atoms with Gasteiger partial charge in [-0.2, -0.15) is 0 Å². The lowest BCUT2D eigenvalue weighted by atomic mass is 10.1. The highest BCUT2D eigenvalue weighted by molar-refractivity contribution is 5.97. The van der Waals surface area contributed by atoms with Gasteiger partial charge in [0.05, 0.1) is 13.2 Å². The van der Waals surface area contributed by atoms with E-state index < -0.39 is 17.6 Å². The minimum atomic E-state index is -0.919. The van der Waals surface area contributed by atoms with Crippen LogP contribution in [-0.2, 0) is 7.05 Å². The summed E-state index contributed by atoms with van der Waals surface area (Å²) in [5.74, 6) is -0.194. The van der Waals surface area contributed by atoms with Crippen LogP contribution in [-0.4, -0.2) is 29.2 Å². The molecule has 0 saturated heterocycles. The van der Waals surface area contributed by atoms with Crippen molar-refractivity contribution in [3.05, 3.63) is 76.3 Å². The predicted molar refractivity (Wildman–Crippen MR) is 109 cm³/mol. The van der Waals surface area contributed by atoms with Crippen LogP contribution < -0.4 is 15.7 Å². The Labute approximate surface area is 166 Å². The second kappa shape index (κ2) is 7.44. The van der Waals surface area contributed by atoms with Gasteiger partial charge in [-0.25, -0.2) is 4.79 Å². The summed E-state index contributed by atoms with van der Waals surface area (Å²) in [5, 5.41) is 14.7. The number of hydrogen-bond donors (Lipinski definition) is 2. The number of aliphatic hydroxyl groups is 1. The van der Waals surface area contributed by atoms with E-state index in [0.717, 1.165) is 10.9 Å². The van der Waals surface area contributed by atoms with Crippen molar-refractivity contribution in [3.8, 4) is 5.75 Å². The average Bonchev–Trinajstić information content (AvgIpc) is 3.08. The van der Waals surface area contributed by atoms with E-state index in [1.54, 1.807) is 18.2 Å². The van der Waals surface area contributed by atoms with E-state index in [1.165, 1.54) is 13.2 Å². The third kappa shape index (κ3) is 3.36. The fraction of sp³-hybridized carbons (Fsp3) is 0.182. The Morgan fingerprint density at radius 3 is 2.83 bits per heavy atom. The maximum atomic E-state index is 12.5. The van der Waals surface area contributed by atoms with E-state index in [4.69, 9.17) is 9.15 Å². The Morgan fingerprint density at radius 1 is 1.24 bits per heavy atom. The van der Waals surface area contributed by atoms with Crippen LogP contribution in [0.25, 0.3) is 21.9 Å². The number of carbonyl (C=O) groups is 1. The molecule has 0 spiro atoms. The summed E-state index contributed by atoms with van der Waals surface area (Å²) in [7, 11) is 3.37. The maximum absolute atomic E-state index is 12.5. The highest BCUT2D eigenvalue weighted by Gasteiger charge is 2.19. The number of ether oxygens (including phenoxy) is 1. The molecule has 0 saturated carbocycles. The maximum Gasteiger partial charge on any atom is 0.349 e. The molecule has 1 unspecified atom stereocenters. The van der Waals surface area contributed by atoms with Gasteiger partial charge in [0, 0.05) is 41.6 Å². The Bertz CT molecular complexity index is 1270. The van der Waals surface area contributed by atoms with Crippen LogP contribution in [0.5, 0.6) is 5.75 Å². The first kappa shape index (κ1) is 18.8. The smallest absolute Gasteiger partial charge is 0.349 e. The van der Waals surface area contributed by atoms with E-state index in [1.807, 2.05) is 42.1 Å². The molecule has 2 heterocycles. The summed E-state index contributed by atoms with van der Waals surface area (Å²) in [6, 6.07) is 14.3. The van der Waals surface area contributed by atoms with Crippen LogP contribution in [0.1, 0.15) is 22.0 Å². The SMILES string of the molecule is COc1cccc2cc(C(=O)NCC(O)c3cn(C)c4ccccc34)c(=O)oc12. The van der Waals surface area contributed by atoms with Crippen LogP contribution in [0.2, 0.25) is 0 Å². The predicted octanol–water partition coefficient (Wildman–Crippen LogP) is 2.76. The van der Waals surface area contributed by atoms with Crippen LogP contribution in [0.3, 0.4) is 0 Å². The van der Waals surface area contributed by atoms with Gasteiger partial charge in [0.25, 0.3) is 5.91 Å². The molecule has 2 aromatic heterocycles. The molecule has 0 aliphatic heterocycles. The topological polar surface area (TPSA) is 93.7 Å². The van der Waals surface area contributed by atoms with Crippen LogP contribution in [0, 0.1) is 0 Å². The lowest BCUT2D eigenvalue weighted by Crippen LogP contribution is -2.31. The van der Waals surface area contributed by atoms with E-state index in [-0.39, 0.29) is 17.7 Å². The minimum Gasteiger partial charge on any atom is -0.493 e. The number of rotatable bonds is 5. The number of aryl methyl sites for hydroxylation is 1. The van der Waals surface area contributed by atoms with Gasteiger partial charge in [-0.05, 0) is 18.2 Å². The molecular weight excluding hydrogens is 372 g/mol. The standard InChI is InChI=1S/C22H20N2O5/c1-24-12-16(14-7-3-4-8-17(14)24)18(25)11-23-21(26)15-10-13-6-5-9-19(28-2)20(13)29-22(15)27/h3-10,12,18,25H,11H2,1-2H3,(H,23,26). The van der Waals surface area contributed by atoms with Crippen molar-refractivity contribution in [2.75, 3.05) is 13.7 Å². The molecule has 0 aliphatic carbocycles. The number of fused-ring (bicyclic) bond motifs is 2. The fourth-order valence-electron chi connectivity index (χ4n) is 3.47. The largest absolute Gasteiger partial charge is 0.493 e. The molecule has 2 aromatic carbocycles. The number of hydrogen-bond acceptors (Lipinski definition) is 5. The summed E-state index contributed by atoms with van der Waals surface area (Å²) >= 11 is 0. The third-order valence-electron chi connectivity index (χ3n) is 4.93. The lowest BCUT2D eigenvalue weighted by molar-refractivity contribution is 0.0913. The molecule has 29 heavy (non-hydrogen) atoms. The van der Waals surface area contributed by atoms with Gasteiger partial charge in [0.2, 0.25) is 0 Å². The van der Waals surface area contributed by atoms with Crippen LogP contribution >= 0.6 is 0 Å². The van der Waals surface area contributed by atoms with Crippen molar-refractivity contribution in [2.24, 2.45) is 7.05 Å². The third-order valence-corrected chi connectivity index (χ3v) is 4.93. The summed E-state index contributed by atoms with van der Waals surface area (Å²) in [6.07, 6.45) is 0.913. The quantitative estimate of drug-likeness (QED) is 0.510. The van der Waals surface area contributed by atoms with Crippen LogP contribution in [0.15, 0.2) is 63.9 Å². The van der Waals surface area contributed by atoms with Crippen molar-refractivity contribution in [3.63, 3.8) is 0 Å². The molecule has 0 bridgehead atoms. The number of aliphatic hydroxyl groups excluding tert-OH is 1. The number of para-hydroxylation sites is 2. The summed E-state index contributed by atoms with van der Waals surface area (Å²) in [5.41, 5.74) is 1.08. The van der Waals surface area contributed by atoms with Gasteiger partial charge in [0.15, 0.2) is 11.3 Å². The van der Waals surface area contributed by atoms with Gasteiger partial charge in [0.1, 0.15) is 5.56 Å². The zero-order valence-corrected chi connectivity index (χ0v) is 16.0. The van der Waals surface area contributed by atoms with Crippen molar-refractivity contribution < 1.29 is 19.1 Å². The number of aromatic nitrogens is 1. The molecule has 0 radical (unpaired) electrons. The molecule has 4 rings (SSSR count). The Balaban J connectivity index is 1.56. The molecule has 1 atom stereocenters. The summed E-state index contributed by atoms with van der Waals surface area (Å²) < 4.78 is 12.4. The first-order valence-electron chi connectivity index (χ1n) is 9.10. The number of nitrogens with one attached hydrogen (secondary N) is 1. The highest BCUT2D eigenvalue weighted by Crippen LogP contribution is 2.26. The second-order valence-corrected chi connectivity index (χ2v) is 6.76. The molecule has 1 amide bonds. The number of benzene rings is 2. The molecule has 2 N–H and O–H groups in total. The van der Waals surface area contributed by atoms with Crippen molar-refractivity contribution in [2.45, 2.75) is 6.10 Å². The van der Waals surface area contributed by atoms with E-state index in [0.29, 0.717) is 16.7 Å². The van der Waals surface area contributed by atoms with E-state index in [9.17, 15) is 14.7 Å².